The fraction of sp³-hybridized carbons (Fsp3) is 0.625. The van der Waals surface area contributed by atoms with E-state index in [1.54, 1.807) is 0 Å². The molecule has 0 saturated carbocycles. The van der Waals surface area contributed by atoms with Crippen molar-refractivity contribution in [3.8, 4) is 0 Å². The summed E-state index contributed by atoms with van der Waals surface area (Å²) in [4.78, 5) is 4.02. The van der Waals surface area contributed by atoms with Crippen LogP contribution in [0, 0.1) is 6.92 Å². The lowest BCUT2D eigenvalue weighted by atomic mass is 10.2. The molecular weight excluding hydrogens is 138 g/mol. The van der Waals surface area contributed by atoms with Gasteiger partial charge in [0.15, 0.2) is 0 Å². The Hall–Kier alpha value is -0.830. The van der Waals surface area contributed by atoms with Gasteiger partial charge in [-0.05, 0) is 13.3 Å². The zero-order valence-corrected chi connectivity index (χ0v) is 7.12. The van der Waals surface area contributed by atoms with Gasteiger partial charge in [0, 0.05) is 24.5 Å². The molecule has 1 heterocycles. The number of imidazole rings is 1. The summed E-state index contributed by atoms with van der Waals surface area (Å²) in [5.41, 5.74) is 6.96. The molecule has 1 unspecified atom stereocenters. The minimum absolute atomic E-state index is 0.253. The molecule has 0 aliphatic carbocycles. The third-order valence-corrected chi connectivity index (χ3v) is 1.88. The van der Waals surface area contributed by atoms with Crippen LogP contribution in [0.3, 0.4) is 0 Å². The summed E-state index contributed by atoms with van der Waals surface area (Å²) >= 11 is 0. The number of nitrogens with two attached hydrogens (primary N) is 1. The van der Waals surface area contributed by atoms with Crippen LogP contribution in [0.25, 0.3) is 0 Å². The second kappa shape index (κ2) is 3.53. The quantitative estimate of drug-likeness (QED) is 0.702. The maximum atomic E-state index is 5.78. The highest BCUT2D eigenvalue weighted by atomic mass is 15.1. The first-order chi connectivity index (χ1) is 5.24. The summed E-state index contributed by atoms with van der Waals surface area (Å²) in [5.74, 6) is 0. The maximum Gasteiger partial charge on any atom is 0.0948 e. The van der Waals surface area contributed by atoms with Crippen molar-refractivity contribution in [2.45, 2.75) is 32.9 Å². The summed E-state index contributed by atoms with van der Waals surface area (Å²) in [6, 6.07) is 0.253. The number of hydrogen-bond acceptors (Lipinski definition) is 2. The molecule has 1 rings (SSSR count). The van der Waals surface area contributed by atoms with E-state index in [1.807, 2.05) is 19.4 Å². The van der Waals surface area contributed by atoms with Gasteiger partial charge in [0.25, 0.3) is 0 Å². The van der Waals surface area contributed by atoms with Crippen LogP contribution in [0.15, 0.2) is 12.5 Å². The number of hydrogen-bond donors (Lipinski definition) is 1. The van der Waals surface area contributed by atoms with E-state index < -0.39 is 0 Å². The topological polar surface area (TPSA) is 43.8 Å². The molecule has 0 amide bonds. The van der Waals surface area contributed by atoms with Crippen molar-refractivity contribution < 1.29 is 0 Å². The highest BCUT2D eigenvalue weighted by Crippen LogP contribution is 1.99. The number of rotatable bonds is 3. The van der Waals surface area contributed by atoms with Gasteiger partial charge in [-0.2, -0.15) is 0 Å². The first-order valence-corrected chi connectivity index (χ1v) is 3.96. The number of aromatic nitrogens is 2. The lowest BCUT2D eigenvalue weighted by Gasteiger charge is -2.10. The van der Waals surface area contributed by atoms with Crippen molar-refractivity contribution in [2.24, 2.45) is 5.73 Å². The van der Waals surface area contributed by atoms with Crippen molar-refractivity contribution in [3.63, 3.8) is 0 Å². The average molecular weight is 153 g/mol. The first kappa shape index (κ1) is 8.27. The second-order valence-electron chi connectivity index (χ2n) is 2.86. The molecule has 0 fully saturated rings. The Kier molecular flexibility index (Phi) is 2.65. The van der Waals surface area contributed by atoms with Gasteiger partial charge >= 0.3 is 0 Å². The Labute approximate surface area is 67.2 Å². The first-order valence-electron chi connectivity index (χ1n) is 3.96. The third kappa shape index (κ3) is 2.05. The zero-order valence-electron chi connectivity index (χ0n) is 7.12. The highest BCUT2D eigenvalue weighted by Gasteiger charge is 2.01. The molecule has 2 N–H and O–H groups in total. The van der Waals surface area contributed by atoms with Crippen LogP contribution in [0.5, 0.6) is 0 Å². The predicted octanol–water partition coefficient (Wildman–Crippen LogP) is 0.929. The molecule has 1 aromatic rings. The van der Waals surface area contributed by atoms with Crippen LogP contribution < -0.4 is 5.73 Å². The van der Waals surface area contributed by atoms with Crippen LogP contribution in [0.1, 0.15) is 19.0 Å². The minimum atomic E-state index is 0.253. The molecule has 0 aliphatic heterocycles. The smallest absolute Gasteiger partial charge is 0.0948 e. The van der Waals surface area contributed by atoms with E-state index in [0.717, 1.165) is 13.0 Å². The van der Waals surface area contributed by atoms with E-state index in [0.29, 0.717) is 0 Å². The van der Waals surface area contributed by atoms with Crippen molar-refractivity contribution in [1.82, 2.24) is 9.55 Å². The third-order valence-electron chi connectivity index (χ3n) is 1.88. The molecule has 0 spiro atoms. The van der Waals surface area contributed by atoms with Gasteiger partial charge < -0.3 is 10.3 Å². The molecule has 11 heavy (non-hydrogen) atoms. The summed E-state index contributed by atoms with van der Waals surface area (Å²) in [6.45, 7) is 5.01. The molecule has 0 aromatic carbocycles. The lowest BCUT2D eigenvalue weighted by Crippen LogP contribution is -2.25. The van der Waals surface area contributed by atoms with Crippen LogP contribution in [-0.4, -0.2) is 15.6 Å². The molecule has 3 heteroatoms. The van der Waals surface area contributed by atoms with Crippen molar-refractivity contribution in [1.29, 1.82) is 0 Å². The van der Waals surface area contributed by atoms with Crippen LogP contribution in [-0.2, 0) is 6.54 Å². The van der Waals surface area contributed by atoms with Gasteiger partial charge in [-0.15, -0.1) is 0 Å². The monoisotopic (exact) mass is 153 g/mol. The molecule has 0 bridgehead atoms. The van der Waals surface area contributed by atoms with Crippen molar-refractivity contribution >= 4 is 0 Å². The Morgan fingerprint density at radius 2 is 2.45 bits per heavy atom. The molecule has 0 radical (unpaired) electrons. The van der Waals surface area contributed by atoms with Crippen LogP contribution in [0.2, 0.25) is 0 Å². The zero-order chi connectivity index (χ0) is 8.27. The molecule has 0 saturated heterocycles. The standard InChI is InChI=1S/C8H15N3/c1-3-8(9)5-11-6-10-4-7(11)2/h4,6,8H,3,5,9H2,1-2H3. The largest absolute Gasteiger partial charge is 0.333 e. The Bertz CT molecular complexity index is 217. The van der Waals surface area contributed by atoms with Crippen molar-refractivity contribution in [2.75, 3.05) is 0 Å². The van der Waals surface area contributed by atoms with Crippen molar-refractivity contribution in [3.05, 3.63) is 18.2 Å². The maximum absolute atomic E-state index is 5.78. The van der Waals surface area contributed by atoms with Gasteiger partial charge in [0.1, 0.15) is 0 Å². The molecule has 0 aliphatic rings. The van der Waals surface area contributed by atoms with Crippen LogP contribution in [0.4, 0.5) is 0 Å². The van der Waals surface area contributed by atoms with E-state index in [2.05, 4.69) is 16.5 Å². The fourth-order valence-electron chi connectivity index (χ4n) is 0.960. The van der Waals surface area contributed by atoms with Gasteiger partial charge in [-0.25, -0.2) is 4.98 Å². The molecule has 3 nitrogen and oxygen atoms in total. The minimum Gasteiger partial charge on any atom is -0.333 e. The highest BCUT2D eigenvalue weighted by molar-refractivity contribution is 4.94. The Morgan fingerprint density at radius 3 is 2.91 bits per heavy atom. The van der Waals surface area contributed by atoms with E-state index in [-0.39, 0.29) is 6.04 Å². The van der Waals surface area contributed by atoms with Gasteiger partial charge in [-0.1, -0.05) is 6.92 Å². The van der Waals surface area contributed by atoms with E-state index in [1.165, 1.54) is 5.69 Å². The number of aryl methyl sites for hydroxylation is 1. The molecule has 1 aromatic heterocycles. The normalized spacial score (nSPS) is 13.4. The van der Waals surface area contributed by atoms with E-state index >= 15 is 0 Å². The Balaban J connectivity index is 2.56. The van der Waals surface area contributed by atoms with Crippen LogP contribution >= 0.6 is 0 Å². The SMILES string of the molecule is CCC(N)Cn1cncc1C. The summed E-state index contributed by atoms with van der Waals surface area (Å²) in [5, 5.41) is 0. The van der Waals surface area contributed by atoms with Gasteiger partial charge in [0.2, 0.25) is 0 Å². The van der Waals surface area contributed by atoms with E-state index in [9.17, 15) is 0 Å². The van der Waals surface area contributed by atoms with Gasteiger partial charge in [0.05, 0.1) is 6.33 Å². The molecule has 1 atom stereocenters. The molecule has 62 valence electrons. The fourth-order valence-corrected chi connectivity index (χ4v) is 0.960. The average Bonchev–Trinajstić information content (AvgIpc) is 2.37. The van der Waals surface area contributed by atoms with Gasteiger partial charge in [-0.3, -0.25) is 0 Å². The Morgan fingerprint density at radius 1 is 1.73 bits per heavy atom. The summed E-state index contributed by atoms with van der Waals surface area (Å²) in [7, 11) is 0. The second-order valence-corrected chi connectivity index (χ2v) is 2.86. The molecular formula is C8H15N3. The predicted molar refractivity (Wildman–Crippen MR) is 45.2 cm³/mol. The lowest BCUT2D eigenvalue weighted by molar-refractivity contribution is 0.531. The number of nitrogens with zero attached hydrogens (tertiary/aromatic N) is 2. The van der Waals surface area contributed by atoms with E-state index in [4.69, 9.17) is 5.73 Å². The summed E-state index contributed by atoms with van der Waals surface area (Å²) in [6.07, 6.45) is 4.69. The summed E-state index contributed by atoms with van der Waals surface area (Å²) < 4.78 is 2.08.